The minimum absolute atomic E-state index is 0.0925. The van der Waals surface area contributed by atoms with E-state index in [0.29, 0.717) is 5.56 Å². The molecule has 7 nitrogen and oxygen atoms in total. The van der Waals surface area contributed by atoms with Gasteiger partial charge in [0.2, 0.25) is 5.89 Å². The second-order valence-corrected chi connectivity index (χ2v) is 4.93. The number of halogens is 3. The van der Waals surface area contributed by atoms with Crippen LogP contribution in [0.5, 0.6) is 0 Å². The summed E-state index contributed by atoms with van der Waals surface area (Å²) in [6, 6.07) is 8.95. The van der Waals surface area contributed by atoms with E-state index in [0.717, 1.165) is 28.9 Å². The summed E-state index contributed by atoms with van der Waals surface area (Å²) in [5.74, 6) is -1.01. The number of nitro benzene ring substituents is 1. The third-order valence-electron chi connectivity index (χ3n) is 3.31. The quantitative estimate of drug-likeness (QED) is 0.533. The fraction of sp³-hybridized carbons (Fsp3) is 0.0667. The largest absolute Gasteiger partial charge is 0.442 e. The van der Waals surface area contributed by atoms with Gasteiger partial charge in [-0.3, -0.25) is 10.1 Å². The number of hydrogen-bond acceptors (Lipinski definition) is 5. The van der Waals surface area contributed by atoms with Crippen LogP contribution in [0.25, 0.3) is 17.1 Å². The summed E-state index contributed by atoms with van der Waals surface area (Å²) in [7, 11) is 0. The van der Waals surface area contributed by atoms with E-state index in [4.69, 9.17) is 4.42 Å². The SMILES string of the molecule is O=c1oc(-c2ccc([N+](=O)[O-])cc2)nn1-c1ccc(C(F)(F)F)cc1. The predicted octanol–water partition coefficient (Wildman–Crippen LogP) is 3.42. The Morgan fingerprint density at radius 3 is 2.16 bits per heavy atom. The monoisotopic (exact) mass is 351 g/mol. The number of aromatic nitrogens is 2. The van der Waals surface area contributed by atoms with Gasteiger partial charge in [-0.2, -0.15) is 17.9 Å². The number of nitro groups is 1. The van der Waals surface area contributed by atoms with Gasteiger partial charge < -0.3 is 4.42 Å². The van der Waals surface area contributed by atoms with E-state index >= 15 is 0 Å². The van der Waals surface area contributed by atoms with E-state index in [1.807, 2.05) is 0 Å². The summed E-state index contributed by atoms with van der Waals surface area (Å²) in [5.41, 5.74) is -0.597. The standard InChI is InChI=1S/C15H8F3N3O4/c16-15(17,18)10-3-7-11(8-4-10)20-14(22)25-13(19-20)9-1-5-12(6-2-9)21(23)24/h1-8H. The molecule has 0 atom stereocenters. The van der Waals surface area contributed by atoms with Crippen LogP contribution in [-0.4, -0.2) is 14.7 Å². The average molecular weight is 351 g/mol. The van der Waals surface area contributed by atoms with Gasteiger partial charge in [-0.25, -0.2) is 4.79 Å². The molecule has 1 aromatic heterocycles. The van der Waals surface area contributed by atoms with E-state index in [1.165, 1.54) is 24.3 Å². The van der Waals surface area contributed by atoms with Crippen LogP contribution in [0.2, 0.25) is 0 Å². The van der Waals surface area contributed by atoms with Crippen molar-refractivity contribution in [3.05, 3.63) is 74.8 Å². The summed E-state index contributed by atoms with van der Waals surface area (Å²) < 4.78 is 43.5. The molecular formula is C15H8F3N3O4. The molecule has 3 rings (SSSR count). The van der Waals surface area contributed by atoms with Gasteiger partial charge in [0, 0.05) is 17.7 Å². The molecule has 0 bridgehead atoms. The van der Waals surface area contributed by atoms with Crippen LogP contribution < -0.4 is 5.76 Å². The summed E-state index contributed by atoms with van der Waals surface area (Å²) in [6.07, 6.45) is -4.49. The molecule has 0 amide bonds. The third kappa shape index (κ3) is 3.27. The van der Waals surface area contributed by atoms with Crippen LogP contribution in [-0.2, 0) is 6.18 Å². The molecule has 3 aromatic rings. The molecule has 0 unspecified atom stereocenters. The van der Waals surface area contributed by atoms with E-state index < -0.39 is 22.4 Å². The second-order valence-electron chi connectivity index (χ2n) is 4.93. The number of hydrogen-bond donors (Lipinski definition) is 0. The number of alkyl halides is 3. The van der Waals surface area contributed by atoms with Gasteiger partial charge in [0.15, 0.2) is 0 Å². The summed E-state index contributed by atoms with van der Waals surface area (Å²) in [4.78, 5) is 21.9. The first-order valence-electron chi connectivity index (χ1n) is 6.78. The van der Waals surface area contributed by atoms with Gasteiger partial charge in [0.05, 0.1) is 16.2 Å². The van der Waals surface area contributed by atoms with E-state index in [2.05, 4.69) is 5.10 Å². The number of non-ortho nitro benzene ring substituents is 1. The van der Waals surface area contributed by atoms with Gasteiger partial charge in [-0.1, -0.05) is 0 Å². The van der Waals surface area contributed by atoms with Gasteiger partial charge in [0.1, 0.15) is 0 Å². The molecule has 0 aliphatic rings. The molecule has 1 heterocycles. The van der Waals surface area contributed by atoms with E-state index in [-0.39, 0.29) is 17.3 Å². The van der Waals surface area contributed by atoms with Crippen LogP contribution >= 0.6 is 0 Å². The molecule has 128 valence electrons. The van der Waals surface area contributed by atoms with E-state index in [1.54, 1.807) is 0 Å². The van der Waals surface area contributed by atoms with E-state index in [9.17, 15) is 28.1 Å². The summed E-state index contributed by atoms with van der Waals surface area (Å²) in [5, 5.41) is 14.5. The van der Waals surface area contributed by atoms with Crippen molar-refractivity contribution in [2.24, 2.45) is 0 Å². The highest BCUT2D eigenvalue weighted by Crippen LogP contribution is 2.29. The number of rotatable bonds is 3. The maximum absolute atomic E-state index is 12.6. The Morgan fingerprint density at radius 1 is 1.04 bits per heavy atom. The Balaban J connectivity index is 1.95. The van der Waals surface area contributed by atoms with Crippen molar-refractivity contribution < 1.29 is 22.5 Å². The number of nitrogens with zero attached hydrogens (tertiary/aromatic N) is 3. The van der Waals surface area contributed by atoms with Crippen LogP contribution in [0.15, 0.2) is 57.7 Å². The zero-order chi connectivity index (χ0) is 18.2. The Bertz CT molecular complexity index is 973. The summed E-state index contributed by atoms with van der Waals surface area (Å²) in [6.45, 7) is 0. The molecule has 0 N–H and O–H groups in total. The molecule has 0 radical (unpaired) electrons. The summed E-state index contributed by atoms with van der Waals surface area (Å²) >= 11 is 0. The topological polar surface area (TPSA) is 91.2 Å². The molecule has 0 saturated heterocycles. The first kappa shape index (κ1) is 16.4. The van der Waals surface area contributed by atoms with Gasteiger partial charge in [-0.15, -0.1) is 5.10 Å². The maximum Gasteiger partial charge on any atom is 0.442 e. The van der Waals surface area contributed by atoms with Crippen LogP contribution in [0.3, 0.4) is 0 Å². The molecule has 0 saturated carbocycles. The first-order chi connectivity index (χ1) is 11.8. The highest BCUT2D eigenvalue weighted by atomic mass is 19.4. The second kappa shape index (κ2) is 5.89. The van der Waals surface area contributed by atoms with Gasteiger partial charge in [-0.05, 0) is 36.4 Å². The first-order valence-corrected chi connectivity index (χ1v) is 6.78. The highest BCUT2D eigenvalue weighted by Gasteiger charge is 2.30. The van der Waals surface area contributed by atoms with Crippen LogP contribution in [0, 0.1) is 10.1 Å². The Labute approximate surface area is 137 Å². The van der Waals surface area contributed by atoms with Crippen LogP contribution in [0.1, 0.15) is 5.56 Å². The van der Waals surface area contributed by atoms with Gasteiger partial charge in [0.25, 0.3) is 5.69 Å². The highest BCUT2D eigenvalue weighted by molar-refractivity contribution is 5.55. The fourth-order valence-electron chi connectivity index (χ4n) is 2.08. The van der Waals surface area contributed by atoms with Crippen molar-refractivity contribution in [3.8, 4) is 17.1 Å². The molecule has 0 spiro atoms. The lowest BCUT2D eigenvalue weighted by atomic mass is 10.2. The lowest BCUT2D eigenvalue weighted by Crippen LogP contribution is -2.14. The van der Waals surface area contributed by atoms with Crippen molar-refractivity contribution >= 4 is 5.69 Å². The van der Waals surface area contributed by atoms with Crippen molar-refractivity contribution in [2.75, 3.05) is 0 Å². The third-order valence-corrected chi connectivity index (χ3v) is 3.31. The lowest BCUT2D eigenvalue weighted by Gasteiger charge is -2.06. The maximum atomic E-state index is 12.6. The Hall–Kier alpha value is -3.43. The predicted molar refractivity (Wildman–Crippen MR) is 79.2 cm³/mol. The zero-order valence-electron chi connectivity index (χ0n) is 12.2. The minimum Gasteiger partial charge on any atom is -0.387 e. The molecule has 25 heavy (non-hydrogen) atoms. The Morgan fingerprint density at radius 2 is 1.64 bits per heavy atom. The van der Waals surface area contributed by atoms with Crippen molar-refractivity contribution in [2.45, 2.75) is 6.18 Å². The Kier molecular flexibility index (Phi) is 3.87. The molecule has 0 aliphatic carbocycles. The fourth-order valence-corrected chi connectivity index (χ4v) is 2.08. The van der Waals surface area contributed by atoms with Crippen molar-refractivity contribution in [1.29, 1.82) is 0 Å². The number of benzene rings is 2. The lowest BCUT2D eigenvalue weighted by molar-refractivity contribution is -0.384. The minimum atomic E-state index is -4.49. The smallest absolute Gasteiger partial charge is 0.387 e. The molecule has 2 aromatic carbocycles. The normalized spacial score (nSPS) is 11.5. The molecular weight excluding hydrogens is 343 g/mol. The average Bonchev–Trinajstić information content (AvgIpc) is 2.96. The molecule has 0 fully saturated rings. The zero-order valence-corrected chi connectivity index (χ0v) is 12.2. The van der Waals surface area contributed by atoms with Gasteiger partial charge >= 0.3 is 11.9 Å². The van der Waals surface area contributed by atoms with Crippen molar-refractivity contribution in [1.82, 2.24) is 9.78 Å². The van der Waals surface area contributed by atoms with Crippen molar-refractivity contribution in [3.63, 3.8) is 0 Å². The van der Waals surface area contributed by atoms with Crippen LogP contribution in [0.4, 0.5) is 18.9 Å². The molecule has 0 aliphatic heterocycles. The molecule has 10 heteroatoms.